The number of hydrogen-bond acceptors (Lipinski definition) is 5. The monoisotopic (exact) mass is 870 g/mol. The van der Waals surface area contributed by atoms with Crippen molar-refractivity contribution >= 4 is 13.7 Å². The van der Waals surface area contributed by atoms with Crippen LogP contribution in [0.5, 0.6) is 0 Å². The van der Waals surface area contributed by atoms with E-state index < -0.39 is 20.0 Å². The molecule has 8 nitrogen and oxygen atoms in total. The molecule has 0 saturated carbocycles. The largest absolute Gasteiger partial charge is 0.472 e. The van der Waals surface area contributed by atoms with E-state index in [0.717, 1.165) is 103 Å². The van der Waals surface area contributed by atoms with Gasteiger partial charge in [-0.15, -0.1) is 0 Å². The van der Waals surface area contributed by atoms with Crippen LogP contribution in [0.3, 0.4) is 0 Å². The number of phosphoric ester groups is 1. The van der Waals surface area contributed by atoms with Gasteiger partial charge in [0, 0.05) is 6.42 Å². The number of likely N-dealkylation sites (N-methyl/N-ethyl adjacent to an activating group) is 1. The quantitative estimate of drug-likeness (QED) is 0.0245. The normalized spacial score (nSPS) is 15.2. The topological polar surface area (TPSA) is 105 Å². The predicted octanol–water partition coefficient (Wildman–Crippen LogP) is 13.7. The van der Waals surface area contributed by atoms with Crippen molar-refractivity contribution in [3.8, 4) is 0 Å². The molecule has 0 aliphatic carbocycles. The zero-order valence-electron chi connectivity index (χ0n) is 39.4. The number of aliphatic hydroxyl groups excluding tert-OH is 1. The first-order chi connectivity index (χ1) is 29.5. The summed E-state index contributed by atoms with van der Waals surface area (Å²) < 4.78 is 23.5. The lowest BCUT2D eigenvalue weighted by Crippen LogP contribution is -2.45. The van der Waals surface area contributed by atoms with Gasteiger partial charge >= 0.3 is 7.82 Å². The molecule has 0 aromatic heterocycles. The van der Waals surface area contributed by atoms with Crippen LogP contribution in [0.1, 0.15) is 162 Å². The number of carbonyl (C=O) groups excluding carboxylic acids is 1. The van der Waals surface area contributed by atoms with E-state index in [4.69, 9.17) is 9.05 Å². The summed E-state index contributed by atoms with van der Waals surface area (Å²) in [6.45, 7) is 4.58. The van der Waals surface area contributed by atoms with E-state index in [9.17, 15) is 19.4 Å². The lowest BCUT2D eigenvalue weighted by molar-refractivity contribution is -0.870. The zero-order chi connectivity index (χ0) is 45.0. The molecule has 61 heavy (non-hydrogen) atoms. The van der Waals surface area contributed by atoms with Crippen molar-refractivity contribution in [2.24, 2.45) is 0 Å². The molecule has 0 aromatic rings. The smallest absolute Gasteiger partial charge is 0.387 e. The summed E-state index contributed by atoms with van der Waals surface area (Å²) in [7, 11) is 1.52. The molecular formula is C52H90N2O6P+. The standard InChI is InChI=1S/C52H89N2O6P/c1-6-8-10-12-14-16-18-20-21-22-23-24-25-26-27-28-29-30-31-32-33-34-36-38-40-42-44-46-52(56)53-50(49-60-61(57,58)59-48-47-54(3,4)5)51(55)45-43-41-39-37-35-19-17-15-13-11-9-7-2/h8,10,13-16,20-21,23-24,26-27,29-30,35,37,43,45,50-51,55H,6-7,9,11-12,17-19,22,25,28,31-34,36,38-42,44,46-49H2,1-5H3,(H-,53,56,57,58)/p+1/b10-8-,15-13+,16-14-,21-20-,24-23-,27-26-,30-29-,37-35+,45-43+. The van der Waals surface area contributed by atoms with Gasteiger partial charge in [0.1, 0.15) is 13.2 Å². The fourth-order valence-electron chi connectivity index (χ4n) is 5.94. The number of hydrogen-bond donors (Lipinski definition) is 3. The Morgan fingerprint density at radius 2 is 1.00 bits per heavy atom. The summed E-state index contributed by atoms with van der Waals surface area (Å²) in [4.78, 5) is 23.1. The fourth-order valence-corrected chi connectivity index (χ4v) is 6.68. The molecule has 1 amide bonds. The van der Waals surface area contributed by atoms with Crippen LogP contribution in [0.15, 0.2) is 109 Å². The molecule has 348 valence electrons. The maximum Gasteiger partial charge on any atom is 0.472 e. The first kappa shape index (κ1) is 58.2. The molecule has 0 aliphatic rings. The number of nitrogens with zero attached hydrogens (tertiary/aromatic N) is 1. The minimum atomic E-state index is -4.36. The van der Waals surface area contributed by atoms with E-state index in [1.54, 1.807) is 6.08 Å². The Kier molecular flexibility index (Phi) is 40.5. The minimum absolute atomic E-state index is 0.0454. The molecule has 3 N–H and O–H groups in total. The molecular weight excluding hydrogens is 780 g/mol. The number of nitrogens with one attached hydrogen (secondary N) is 1. The van der Waals surface area contributed by atoms with Gasteiger partial charge in [-0.1, -0.05) is 175 Å². The summed E-state index contributed by atoms with van der Waals surface area (Å²) in [5, 5.41) is 13.8. The molecule has 9 heteroatoms. The number of allylic oxidation sites excluding steroid dienone is 17. The third-order valence-electron chi connectivity index (χ3n) is 9.70. The maximum atomic E-state index is 12.9. The summed E-state index contributed by atoms with van der Waals surface area (Å²) >= 11 is 0. The highest BCUT2D eigenvalue weighted by Crippen LogP contribution is 2.43. The third-order valence-corrected chi connectivity index (χ3v) is 10.7. The van der Waals surface area contributed by atoms with E-state index in [2.05, 4.69) is 116 Å². The van der Waals surface area contributed by atoms with E-state index >= 15 is 0 Å². The highest BCUT2D eigenvalue weighted by Gasteiger charge is 2.27. The number of rotatable bonds is 41. The summed E-state index contributed by atoms with van der Waals surface area (Å²) in [5.41, 5.74) is 0. The minimum Gasteiger partial charge on any atom is -0.387 e. The Hall–Kier alpha value is -2.84. The van der Waals surface area contributed by atoms with Crippen molar-refractivity contribution in [3.05, 3.63) is 109 Å². The van der Waals surface area contributed by atoms with E-state index in [1.165, 1.54) is 38.5 Å². The Morgan fingerprint density at radius 3 is 1.51 bits per heavy atom. The summed E-state index contributed by atoms with van der Waals surface area (Å²) in [5.74, 6) is -0.208. The van der Waals surface area contributed by atoms with Crippen LogP contribution in [-0.4, -0.2) is 73.4 Å². The van der Waals surface area contributed by atoms with Crippen LogP contribution in [-0.2, 0) is 18.4 Å². The Balaban J connectivity index is 4.33. The molecule has 0 radical (unpaired) electrons. The van der Waals surface area contributed by atoms with Gasteiger partial charge in [-0.2, -0.15) is 0 Å². The van der Waals surface area contributed by atoms with E-state index in [0.29, 0.717) is 17.4 Å². The highest BCUT2D eigenvalue weighted by atomic mass is 31.2. The SMILES string of the molecule is CC/C=C\C/C=C\C/C=C\C/C=C\C/C=C\C/C=C\CCCCCCCCCCC(=O)NC(COP(=O)(O)OCC[N+](C)(C)C)C(O)/C=C/CC/C=C/CC/C=C/CCCC. The molecule has 0 aliphatic heterocycles. The number of aliphatic hydroxyl groups is 1. The van der Waals surface area contributed by atoms with Crippen LogP contribution < -0.4 is 5.32 Å². The van der Waals surface area contributed by atoms with Crippen molar-refractivity contribution in [3.63, 3.8) is 0 Å². The second kappa shape index (κ2) is 42.5. The number of amides is 1. The van der Waals surface area contributed by atoms with Gasteiger partial charge in [-0.05, 0) is 89.9 Å². The van der Waals surface area contributed by atoms with Crippen molar-refractivity contribution in [2.75, 3.05) is 40.9 Å². The molecule has 0 bridgehead atoms. The molecule has 0 saturated heterocycles. The second-order valence-corrected chi connectivity index (χ2v) is 18.2. The van der Waals surface area contributed by atoms with Crippen molar-refractivity contribution < 1.29 is 32.9 Å². The number of quaternary nitrogens is 1. The van der Waals surface area contributed by atoms with Gasteiger partial charge in [-0.25, -0.2) is 4.57 Å². The highest BCUT2D eigenvalue weighted by molar-refractivity contribution is 7.47. The maximum absolute atomic E-state index is 12.9. The Bertz CT molecular complexity index is 1350. The summed E-state index contributed by atoms with van der Waals surface area (Å²) in [6.07, 6.45) is 61.7. The van der Waals surface area contributed by atoms with Crippen LogP contribution in [0.25, 0.3) is 0 Å². The first-order valence-corrected chi connectivity index (χ1v) is 25.3. The van der Waals surface area contributed by atoms with Crippen molar-refractivity contribution in [1.29, 1.82) is 0 Å². The van der Waals surface area contributed by atoms with Gasteiger partial charge in [0.05, 0.1) is 39.9 Å². The molecule has 0 spiro atoms. The number of phosphoric acid groups is 1. The average Bonchev–Trinajstić information content (AvgIpc) is 3.21. The number of carbonyl (C=O) groups is 1. The van der Waals surface area contributed by atoms with Gasteiger partial charge in [0.25, 0.3) is 0 Å². The van der Waals surface area contributed by atoms with Crippen LogP contribution in [0, 0.1) is 0 Å². The molecule has 0 fully saturated rings. The fraction of sp³-hybridized carbons (Fsp3) is 0.635. The molecule has 0 aromatic carbocycles. The van der Waals surface area contributed by atoms with Gasteiger partial charge < -0.3 is 19.8 Å². The first-order valence-electron chi connectivity index (χ1n) is 23.8. The van der Waals surface area contributed by atoms with E-state index in [1.807, 2.05) is 27.2 Å². The Labute approximate surface area is 374 Å². The lowest BCUT2D eigenvalue weighted by Gasteiger charge is -2.25. The average molecular weight is 870 g/mol. The van der Waals surface area contributed by atoms with Crippen LogP contribution in [0.4, 0.5) is 0 Å². The van der Waals surface area contributed by atoms with Gasteiger partial charge in [0.15, 0.2) is 0 Å². The van der Waals surface area contributed by atoms with Crippen LogP contribution in [0.2, 0.25) is 0 Å². The van der Waals surface area contributed by atoms with E-state index in [-0.39, 0.29) is 19.1 Å². The zero-order valence-corrected chi connectivity index (χ0v) is 40.2. The molecule has 3 atom stereocenters. The van der Waals surface area contributed by atoms with Crippen molar-refractivity contribution in [2.45, 2.75) is 174 Å². The van der Waals surface area contributed by atoms with Crippen LogP contribution >= 0.6 is 7.82 Å². The summed E-state index contributed by atoms with van der Waals surface area (Å²) in [6, 6.07) is -0.880. The Morgan fingerprint density at radius 1 is 0.574 bits per heavy atom. The van der Waals surface area contributed by atoms with Crippen molar-refractivity contribution in [1.82, 2.24) is 5.32 Å². The molecule has 0 rings (SSSR count). The van der Waals surface area contributed by atoms with Gasteiger partial charge in [0.2, 0.25) is 5.91 Å². The molecule has 3 unspecified atom stereocenters. The lowest BCUT2D eigenvalue weighted by atomic mass is 10.1. The third kappa shape index (κ3) is 45.0. The molecule has 0 heterocycles. The second-order valence-electron chi connectivity index (χ2n) is 16.7. The predicted molar refractivity (Wildman–Crippen MR) is 262 cm³/mol. The van der Waals surface area contributed by atoms with Gasteiger partial charge in [-0.3, -0.25) is 13.8 Å². The number of unbranched alkanes of at least 4 members (excludes halogenated alkanes) is 12.